The van der Waals surface area contributed by atoms with Crippen LogP contribution in [-0.4, -0.2) is 40.6 Å². The molecule has 1 amide bonds. The summed E-state index contributed by atoms with van der Waals surface area (Å²) in [6, 6.07) is -1.11. The molecule has 0 radical (unpaired) electrons. The summed E-state index contributed by atoms with van der Waals surface area (Å²) in [6.07, 6.45) is -3.98. The van der Waals surface area contributed by atoms with Gasteiger partial charge in [0.15, 0.2) is 0 Å². The van der Waals surface area contributed by atoms with Crippen LogP contribution in [0.1, 0.15) is 19.8 Å². The van der Waals surface area contributed by atoms with Gasteiger partial charge in [-0.25, -0.2) is 4.79 Å². The molecule has 16 heavy (non-hydrogen) atoms. The number of nitrogens with zero attached hydrogens (tertiary/aromatic N) is 1. The Morgan fingerprint density at radius 2 is 2.00 bits per heavy atom. The van der Waals surface area contributed by atoms with Crippen molar-refractivity contribution in [1.82, 2.24) is 4.90 Å². The molecule has 0 saturated carbocycles. The smallest absolute Gasteiger partial charge is 0.400 e. The van der Waals surface area contributed by atoms with Crippen LogP contribution in [0, 0.1) is 5.92 Å². The van der Waals surface area contributed by atoms with Gasteiger partial charge in [-0.1, -0.05) is 0 Å². The minimum Gasteiger partial charge on any atom is -0.480 e. The summed E-state index contributed by atoms with van der Waals surface area (Å²) >= 11 is 0. The fourth-order valence-corrected chi connectivity index (χ4v) is 1.68. The molecular weight excluding hydrogens is 227 g/mol. The molecule has 0 aromatic carbocycles. The van der Waals surface area contributed by atoms with Crippen LogP contribution in [0.4, 0.5) is 13.2 Å². The topological polar surface area (TPSA) is 57.6 Å². The molecule has 0 aliphatic carbocycles. The van der Waals surface area contributed by atoms with E-state index in [1.165, 1.54) is 0 Å². The predicted octanol–water partition coefficient (Wildman–Crippen LogP) is 1.26. The van der Waals surface area contributed by atoms with Crippen molar-refractivity contribution < 1.29 is 27.9 Å². The molecule has 1 heterocycles. The Morgan fingerprint density at radius 1 is 1.44 bits per heavy atom. The molecular formula is C9H12F3NO3. The fourth-order valence-electron chi connectivity index (χ4n) is 1.68. The maximum absolute atomic E-state index is 12.3. The van der Waals surface area contributed by atoms with Gasteiger partial charge in [-0.15, -0.1) is 0 Å². The summed E-state index contributed by atoms with van der Waals surface area (Å²) in [5.74, 6) is -4.55. The highest BCUT2D eigenvalue weighted by Gasteiger charge is 2.46. The van der Waals surface area contributed by atoms with Crippen LogP contribution in [0.25, 0.3) is 0 Å². The maximum Gasteiger partial charge on any atom is 0.400 e. The van der Waals surface area contributed by atoms with E-state index in [-0.39, 0.29) is 13.0 Å². The summed E-state index contributed by atoms with van der Waals surface area (Å²) in [6.45, 7) is 0.829. The van der Waals surface area contributed by atoms with Gasteiger partial charge in [0, 0.05) is 6.54 Å². The van der Waals surface area contributed by atoms with Crippen LogP contribution in [0.15, 0.2) is 0 Å². The van der Waals surface area contributed by atoms with E-state index < -0.39 is 30.0 Å². The maximum atomic E-state index is 12.3. The number of halogens is 3. The molecule has 1 saturated heterocycles. The largest absolute Gasteiger partial charge is 0.480 e. The number of rotatable bonds is 2. The van der Waals surface area contributed by atoms with Crippen LogP contribution in [0.3, 0.4) is 0 Å². The number of likely N-dealkylation sites (tertiary alicyclic amines) is 1. The van der Waals surface area contributed by atoms with E-state index in [1.54, 1.807) is 0 Å². The van der Waals surface area contributed by atoms with Crippen LogP contribution in [0.5, 0.6) is 0 Å². The zero-order valence-electron chi connectivity index (χ0n) is 8.62. The van der Waals surface area contributed by atoms with Crippen LogP contribution >= 0.6 is 0 Å². The monoisotopic (exact) mass is 239 g/mol. The quantitative estimate of drug-likeness (QED) is 0.789. The molecule has 1 aliphatic rings. The van der Waals surface area contributed by atoms with Crippen molar-refractivity contribution in [3.05, 3.63) is 0 Å². The highest BCUT2D eigenvalue weighted by molar-refractivity contribution is 5.85. The standard InChI is InChI=1S/C9H12F3NO3/c1-5(9(10,11)12)7(14)13-4-2-3-6(13)8(15)16/h5-6H,2-4H2,1H3,(H,15,16)/t5?,6-/m0/s1. The molecule has 0 aromatic rings. The van der Waals surface area contributed by atoms with Gasteiger partial charge in [0.25, 0.3) is 0 Å². The van der Waals surface area contributed by atoms with Crippen molar-refractivity contribution in [3.63, 3.8) is 0 Å². The van der Waals surface area contributed by atoms with Gasteiger partial charge in [0.1, 0.15) is 12.0 Å². The summed E-state index contributed by atoms with van der Waals surface area (Å²) in [5.41, 5.74) is 0. The summed E-state index contributed by atoms with van der Waals surface area (Å²) in [7, 11) is 0. The Labute approximate surface area is 90.0 Å². The summed E-state index contributed by atoms with van der Waals surface area (Å²) in [4.78, 5) is 23.0. The number of hydrogen-bond acceptors (Lipinski definition) is 2. The fraction of sp³-hybridized carbons (Fsp3) is 0.778. The van der Waals surface area contributed by atoms with Gasteiger partial charge >= 0.3 is 12.1 Å². The predicted molar refractivity (Wildman–Crippen MR) is 47.6 cm³/mol. The average molecular weight is 239 g/mol. The minimum absolute atomic E-state index is 0.0796. The zero-order chi connectivity index (χ0) is 12.5. The molecule has 4 nitrogen and oxygen atoms in total. The molecule has 7 heteroatoms. The molecule has 2 atom stereocenters. The zero-order valence-corrected chi connectivity index (χ0v) is 8.62. The Balaban J connectivity index is 2.77. The summed E-state index contributed by atoms with van der Waals surface area (Å²) in [5, 5.41) is 8.74. The second-order valence-electron chi connectivity index (χ2n) is 3.79. The van der Waals surface area contributed by atoms with Crippen molar-refractivity contribution in [3.8, 4) is 0 Å². The molecule has 1 aliphatic heterocycles. The normalized spacial score (nSPS) is 23.2. The van der Waals surface area contributed by atoms with Crippen molar-refractivity contribution >= 4 is 11.9 Å². The number of carbonyl (C=O) groups is 2. The number of carbonyl (C=O) groups excluding carboxylic acids is 1. The van der Waals surface area contributed by atoms with Gasteiger partial charge in [-0.3, -0.25) is 4.79 Å². The molecule has 1 fully saturated rings. The van der Waals surface area contributed by atoms with E-state index in [9.17, 15) is 22.8 Å². The van der Waals surface area contributed by atoms with E-state index in [1.807, 2.05) is 0 Å². The molecule has 0 aromatic heterocycles. The first-order valence-electron chi connectivity index (χ1n) is 4.85. The Bertz CT molecular complexity index is 303. The first-order chi connectivity index (χ1) is 7.25. The highest BCUT2D eigenvalue weighted by Crippen LogP contribution is 2.30. The van der Waals surface area contributed by atoms with Gasteiger partial charge in [-0.05, 0) is 19.8 Å². The molecule has 92 valence electrons. The third kappa shape index (κ3) is 2.45. The van der Waals surface area contributed by atoms with Crippen molar-refractivity contribution in [2.75, 3.05) is 6.54 Å². The Kier molecular flexibility index (Phi) is 3.44. The van der Waals surface area contributed by atoms with E-state index in [4.69, 9.17) is 5.11 Å². The molecule has 1 N–H and O–H groups in total. The first-order valence-corrected chi connectivity index (χ1v) is 4.85. The third-order valence-corrected chi connectivity index (χ3v) is 2.68. The molecule has 1 rings (SSSR count). The number of aliphatic carboxylic acids is 1. The van der Waals surface area contributed by atoms with Crippen molar-refractivity contribution in [2.24, 2.45) is 5.92 Å². The lowest BCUT2D eigenvalue weighted by molar-refractivity contribution is -0.187. The number of carboxylic acids is 1. The van der Waals surface area contributed by atoms with Crippen LogP contribution in [0.2, 0.25) is 0 Å². The van der Waals surface area contributed by atoms with Gasteiger partial charge in [0.2, 0.25) is 5.91 Å². The van der Waals surface area contributed by atoms with Gasteiger partial charge < -0.3 is 10.0 Å². The SMILES string of the molecule is CC(C(=O)N1CCC[C@H]1C(=O)O)C(F)(F)F. The molecule has 0 spiro atoms. The van der Waals surface area contributed by atoms with E-state index in [0.29, 0.717) is 6.42 Å². The second-order valence-corrected chi connectivity index (χ2v) is 3.79. The molecule has 1 unspecified atom stereocenters. The lowest BCUT2D eigenvalue weighted by Gasteiger charge is -2.25. The Morgan fingerprint density at radius 3 is 2.44 bits per heavy atom. The van der Waals surface area contributed by atoms with Crippen LogP contribution < -0.4 is 0 Å². The van der Waals surface area contributed by atoms with Gasteiger partial charge in [0.05, 0.1) is 0 Å². The van der Waals surface area contributed by atoms with Crippen LogP contribution in [-0.2, 0) is 9.59 Å². The van der Waals surface area contributed by atoms with Gasteiger partial charge in [-0.2, -0.15) is 13.2 Å². The highest BCUT2D eigenvalue weighted by atomic mass is 19.4. The Hall–Kier alpha value is -1.27. The summed E-state index contributed by atoms with van der Waals surface area (Å²) < 4.78 is 36.9. The number of carboxylic acid groups (broad SMARTS) is 1. The van der Waals surface area contributed by atoms with E-state index in [0.717, 1.165) is 11.8 Å². The van der Waals surface area contributed by atoms with Crippen molar-refractivity contribution in [2.45, 2.75) is 32.0 Å². The molecule has 0 bridgehead atoms. The van der Waals surface area contributed by atoms with E-state index >= 15 is 0 Å². The first kappa shape index (κ1) is 12.8. The second kappa shape index (κ2) is 4.31. The minimum atomic E-state index is -4.62. The third-order valence-electron chi connectivity index (χ3n) is 2.68. The van der Waals surface area contributed by atoms with E-state index in [2.05, 4.69) is 0 Å². The lowest BCUT2D eigenvalue weighted by Crippen LogP contribution is -2.46. The number of hydrogen-bond donors (Lipinski definition) is 1. The average Bonchev–Trinajstić information content (AvgIpc) is 2.62. The number of amides is 1. The number of alkyl halides is 3. The lowest BCUT2D eigenvalue weighted by atomic mass is 10.1. The van der Waals surface area contributed by atoms with Crippen molar-refractivity contribution in [1.29, 1.82) is 0 Å².